The monoisotopic (exact) mass is 482 g/mol. The molecule has 3 aromatic carbocycles. The van der Waals surface area contributed by atoms with Gasteiger partial charge in [-0.05, 0) is 56.2 Å². The Labute approximate surface area is 201 Å². The first-order chi connectivity index (χ1) is 16.2. The number of carbonyl (C=O) groups excluding carboxylic acids is 1. The van der Waals surface area contributed by atoms with Crippen molar-refractivity contribution in [3.8, 4) is 11.5 Å². The fourth-order valence-corrected chi connectivity index (χ4v) is 5.26. The number of nitrogens with zero attached hydrogens (tertiary/aromatic N) is 1. The van der Waals surface area contributed by atoms with Gasteiger partial charge in [-0.3, -0.25) is 9.10 Å². The predicted octanol–water partition coefficient (Wildman–Crippen LogP) is 4.39. The normalized spacial score (nSPS) is 12.0. The highest BCUT2D eigenvalue weighted by Gasteiger charge is 2.28. The molecule has 0 bridgehead atoms. The molecule has 34 heavy (non-hydrogen) atoms. The summed E-state index contributed by atoms with van der Waals surface area (Å²) in [5.41, 5.74) is 3.56. The molecule has 0 aliphatic carbocycles. The third kappa shape index (κ3) is 5.51. The number of para-hydroxylation sites is 1. The minimum absolute atomic E-state index is 0.00997. The zero-order chi connectivity index (χ0) is 24.9. The van der Waals surface area contributed by atoms with Gasteiger partial charge in [0.1, 0.15) is 6.54 Å². The van der Waals surface area contributed by atoms with Crippen molar-refractivity contribution < 1.29 is 22.7 Å². The number of amides is 1. The third-order valence-corrected chi connectivity index (χ3v) is 7.31. The van der Waals surface area contributed by atoms with Crippen molar-refractivity contribution in [2.24, 2.45) is 0 Å². The van der Waals surface area contributed by atoms with Gasteiger partial charge in [-0.2, -0.15) is 0 Å². The molecule has 8 heteroatoms. The second-order valence-corrected chi connectivity index (χ2v) is 9.88. The molecule has 0 spiro atoms. The summed E-state index contributed by atoms with van der Waals surface area (Å²) in [6.07, 6.45) is 0. The Morgan fingerprint density at radius 1 is 0.941 bits per heavy atom. The van der Waals surface area contributed by atoms with Crippen LogP contribution in [0.2, 0.25) is 0 Å². The van der Waals surface area contributed by atoms with Gasteiger partial charge in [-0.25, -0.2) is 8.42 Å². The number of carbonyl (C=O) groups is 1. The maximum Gasteiger partial charge on any atom is 0.264 e. The first-order valence-corrected chi connectivity index (χ1v) is 12.3. The number of hydrogen-bond donors (Lipinski definition) is 1. The van der Waals surface area contributed by atoms with Crippen LogP contribution in [-0.4, -0.2) is 35.1 Å². The number of sulfonamides is 1. The predicted molar refractivity (Wildman–Crippen MR) is 133 cm³/mol. The van der Waals surface area contributed by atoms with Gasteiger partial charge in [0.2, 0.25) is 5.91 Å². The second kappa shape index (κ2) is 10.6. The van der Waals surface area contributed by atoms with Crippen LogP contribution in [0, 0.1) is 13.8 Å². The third-order valence-electron chi connectivity index (χ3n) is 5.54. The van der Waals surface area contributed by atoms with Crippen molar-refractivity contribution in [3.05, 3.63) is 83.4 Å². The van der Waals surface area contributed by atoms with Crippen LogP contribution in [0.25, 0.3) is 0 Å². The van der Waals surface area contributed by atoms with Crippen LogP contribution < -0.4 is 19.1 Å². The van der Waals surface area contributed by atoms with E-state index >= 15 is 0 Å². The summed E-state index contributed by atoms with van der Waals surface area (Å²) in [6, 6.07) is 18.6. The van der Waals surface area contributed by atoms with Crippen LogP contribution in [0.5, 0.6) is 11.5 Å². The number of benzene rings is 3. The average Bonchev–Trinajstić information content (AvgIpc) is 2.82. The average molecular weight is 483 g/mol. The first-order valence-electron chi connectivity index (χ1n) is 10.8. The standard InChI is InChI=1S/C26H30N2O5S/c1-18-11-13-23(19(2)15-18)20(3)27-26(29)17-28(21-9-7-6-8-10-21)34(30,31)22-12-14-24(32-4)25(16-22)33-5/h6-16,20H,17H2,1-5H3,(H,27,29)/t20-/m0/s1. The molecule has 0 aliphatic heterocycles. The molecule has 0 radical (unpaired) electrons. The van der Waals surface area contributed by atoms with Crippen LogP contribution in [0.15, 0.2) is 71.6 Å². The molecule has 0 saturated carbocycles. The van der Waals surface area contributed by atoms with E-state index in [-0.39, 0.29) is 23.2 Å². The fraction of sp³-hybridized carbons (Fsp3) is 0.269. The highest BCUT2D eigenvalue weighted by Crippen LogP contribution is 2.32. The molecule has 0 aliphatic rings. The summed E-state index contributed by atoms with van der Waals surface area (Å²) < 4.78 is 38.9. The first kappa shape index (κ1) is 25.1. The molecule has 1 amide bonds. The smallest absolute Gasteiger partial charge is 0.264 e. The van der Waals surface area contributed by atoms with E-state index in [4.69, 9.17) is 9.47 Å². The maximum absolute atomic E-state index is 13.6. The minimum Gasteiger partial charge on any atom is -0.493 e. The van der Waals surface area contributed by atoms with Crippen LogP contribution >= 0.6 is 0 Å². The molecule has 0 heterocycles. The van der Waals surface area contributed by atoms with Gasteiger partial charge in [0.05, 0.1) is 30.8 Å². The molecular weight excluding hydrogens is 452 g/mol. The van der Waals surface area contributed by atoms with E-state index < -0.39 is 15.9 Å². The molecule has 1 N–H and O–H groups in total. The minimum atomic E-state index is -4.08. The van der Waals surface area contributed by atoms with Gasteiger partial charge in [0.15, 0.2) is 11.5 Å². The van der Waals surface area contributed by atoms with Gasteiger partial charge in [0.25, 0.3) is 10.0 Å². The van der Waals surface area contributed by atoms with Crippen molar-refractivity contribution in [2.45, 2.75) is 31.7 Å². The lowest BCUT2D eigenvalue weighted by Crippen LogP contribution is -2.41. The molecule has 3 aromatic rings. The van der Waals surface area contributed by atoms with E-state index in [1.807, 2.05) is 32.9 Å². The highest BCUT2D eigenvalue weighted by molar-refractivity contribution is 7.92. The highest BCUT2D eigenvalue weighted by atomic mass is 32.2. The quantitative estimate of drug-likeness (QED) is 0.489. The Morgan fingerprint density at radius 3 is 2.24 bits per heavy atom. The van der Waals surface area contributed by atoms with Gasteiger partial charge < -0.3 is 14.8 Å². The Bertz CT molecular complexity index is 1260. The second-order valence-electron chi connectivity index (χ2n) is 8.01. The Hall–Kier alpha value is -3.52. The van der Waals surface area contributed by atoms with Crippen LogP contribution in [0.4, 0.5) is 5.69 Å². The maximum atomic E-state index is 13.6. The van der Waals surface area contributed by atoms with Crippen molar-refractivity contribution in [1.29, 1.82) is 0 Å². The van der Waals surface area contributed by atoms with Gasteiger partial charge in [0, 0.05) is 6.07 Å². The van der Waals surface area contributed by atoms with E-state index in [0.29, 0.717) is 11.4 Å². The molecule has 180 valence electrons. The molecule has 7 nitrogen and oxygen atoms in total. The van der Waals surface area contributed by atoms with Gasteiger partial charge >= 0.3 is 0 Å². The van der Waals surface area contributed by atoms with Crippen molar-refractivity contribution >= 4 is 21.6 Å². The number of anilines is 1. The van der Waals surface area contributed by atoms with E-state index in [2.05, 4.69) is 11.4 Å². The number of aryl methyl sites for hydroxylation is 2. The van der Waals surface area contributed by atoms with E-state index in [9.17, 15) is 13.2 Å². The SMILES string of the molecule is COc1ccc(S(=O)(=O)N(CC(=O)N[C@@H](C)c2ccc(C)cc2C)c2ccccc2)cc1OC. The number of rotatable bonds is 9. The van der Waals surface area contributed by atoms with E-state index in [1.54, 1.807) is 30.3 Å². The number of nitrogens with one attached hydrogen (secondary N) is 1. The molecule has 0 unspecified atom stereocenters. The summed E-state index contributed by atoms with van der Waals surface area (Å²) >= 11 is 0. The van der Waals surface area contributed by atoms with Gasteiger partial charge in [-0.1, -0.05) is 42.0 Å². The van der Waals surface area contributed by atoms with Crippen LogP contribution in [-0.2, 0) is 14.8 Å². The number of hydrogen-bond acceptors (Lipinski definition) is 5. The van der Waals surface area contributed by atoms with E-state index in [0.717, 1.165) is 21.0 Å². The Balaban J connectivity index is 1.92. The largest absolute Gasteiger partial charge is 0.493 e. The fourth-order valence-electron chi connectivity index (χ4n) is 3.82. The Morgan fingerprint density at radius 2 is 1.62 bits per heavy atom. The molecule has 0 saturated heterocycles. The summed E-state index contributed by atoms with van der Waals surface area (Å²) in [4.78, 5) is 13.0. The summed E-state index contributed by atoms with van der Waals surface area (Å²) in [6.45, 7) is 5.50. The van der Waals surface area contributed by atoms with Crippen molar-refractivity contribution in [2.75, 3.05) is 25.1 Å². The van der Waals surface area contributed by atoms with Crippen LogP contribution in [0.1, 0.15) is 29.7 Å². The topological polar surface area (TPSA) is 84.9 Å². The zero-order valence-corrected chi connectivity index (χ0v) is 20.8. The van der Waals surface area contributed by atoms with E-state index in [1.165, 1.54) is 32.4 Å². The van der Waals surface area contributed by atoms with Crippen LogP contribution in [0.3, 0.4) is 0 Å². The summed E-state index contributed by atoms with van der Waals surface area (Å²) in [5.74, 6) is 0.276. The lowest BCUT2D eigenvalue weighted by molar-refractivity contribution is -0.120. The molecule has 0 fully saturated rings. The Kier molecular flexibility index (Phi) is 7.83. The number of methoxy groups -OCH3 is 2. The van der Waals surface area contributed by atoms with Crippen molar-refractivity contribution in [1.82, 2.24) is 5.32 Å². The molecule has 3 rings (SSSR count). The zero-order valence-electron chi connectivity index (χ0n) is 20.0. The number of ether oxygens (including phenoxy) is 2. The van der Waals surface area contributed by atoms with Gasteiger partial charge in [-0.15, -0.1) is 0 Å². The molecular formula is C26H30N2O5S. The molecule has 1 atom stereocenters. The van der Waals surface area contributed by atoms with Crippen molar-refractivity contribution in [3.63, 3.8) is 0 Å². The summed E-state index contributed by atoms with van der Waals surface area (Å²) in [5, 5.41) is 2.93. The molecule has 0 aromatic heterocycles. The lowest BCUT2D eigenvalue weighted by Gasteiger charge is -2.25. The lowest BCUT2D eigenvalue weighted by atomic mass is 10.0. The summed E-state index contributed by atoms with van der Waals surface area (Å²) in [7, 11) is -1.17.